The zero-order chi connectivity index (χ0) is 15.1. The first-order valence-electron chi connectivity index (χ1n) is 8.32. The zero-order valence-electron chi connectivity index (χ0n) is 13.4. The first-order chi connectivity index (χ1) is 10.7. The smallest absolute Gasteiger partial charge is 0.141 e. The Labute approximate surface area is 131 Å². The topological polar surface area (TPSA) is 41.3 Å². The van der Waals surface area contributed by atoms with E-state index < -0.39 is 0 Å². The van der Waals surface area contributed by atoms with E-state index in [9.17, 15) is 0 Å². The molecule has 0 atom stereocenters. The van der Waals surface area contributed by atoms with Gasteiger partial charge in [0.05, 0.1) is 23.7 Å². The second-order valence-corrected chi connectivity index (χ2v) is 6.53. The first kappa shape index (κ1) is 13.7. The Morgan fingerprint density at radius 2 is 2.00 bits per heavy atom. The fraction of sp³-hybridized carbons (Fsp3) is 0.500. The highest BCUT2D eigenvalue weighted by Crippen LogP contribution is 2.39. The molecule has 1 aliphatic heterocycles. The molecular formula is C18H23N3O. The normalized spacial score (nSPS) is 18.4. The first-order valence-corrected chi connectivity index (χ1v) is 8.32. The maximum Gasteiger partial charge on any atom is 0.141 e. The van der Waals surface area contributed by atoms with Crippen LogP contribution < -0.4 is 10.2 Å². The fourth-order valence-corrected chi connectivity index (χ4v) is 3.95. The van der Waals surface area contributed by atoms with E-state index in [1.165, 1.54) is 49.0 Å². The van der Waals surface area contributed by atoms with Gasteiger partial charge in [0.1, 0.15) is 5.76 Å². The summed E-state index contributed by atoms with van der Waals surface area (Å²) in [5.74, 6) is 0.889. The third kappa shape index (κ3) is 2.18. The monoisotopic (exact) mass is 297 g/mol. The number of aromatic nitrogens is 1. The van der Waals surface area contributed by atoms with Gasteiger partial charge in [0.15, 0.2) is 0 Å². The summed E-state index contributed by atoms with van der Waals surface area (Å²) in [6, 6.07) is 7.40. The number of hydrogen-bond donors (Lipinski definition) is 1. The molecule has 4 nitrogen and oxygen atoms in total. The van der Waals surface area contributed by atoms with Crippen LogP contribution in [0.1, 0.15) is 43.6 Å². The molecule has 2 heterocycles. The van der Waals surface area contributed by atoms with E-state index in [1.807, 2.05) is 13.8 Å². The third-order valence-corrected chi connectivity index (χ3v) is 5.08. The van der Waals surface area contributed by atoms with E-state index in [1.54, 1.807) is 0 Å². The summed E-state index contributed by atoms with van der Waals surface area (Å²) in [6.07, 6.45) is 6.79. The molecule has 0 amide bonds. The minimum atomic E-state index is 0.701. The van der Waals surface area contributed by atoms with Crippen molar-refractivity contribution < 1.29 is 4.52 Å². The largest absolute Gasteiger partial charge is 0.366 e. The maximum atomic E-state index is 5.30. The van der Waals surface area contributed by atoms with E-state index in [2.05, 4.69) is 33.6 Å². The van der Waals surface area contributed by atoms with Crippen molar-refractivity contribution in [3.63, 3.8) is 0 Å². The van der Waals surface area contributed by atoms with E-state index >= 15 is 0 Å². The second kappa shape index (κ2) is 5.34. The van der Waals surface area contributed by atoms with Crippen LogP contribution >= 0.6 is 0 Å². The molecule has 0 unspecified atom stereocenters. The fourth-order valence-electron chi connectivity index (χ4n) is 3.95. The lowest BCUT2D eigenvalue weighted by molar-refractivity contribution is 0.393. The van der Waals surface area contributed by atoms with Gasteiger partial charge in [-0.15, -0.1) is 0 Å². The number of hydrogen-bond acceptors (Lipinski definition) is 4. The standard InChI is InChI=1S/C18H23N3O/c1-12-18(13(2)22-20-12)14-8-9-17-16(10-14)19-11-21(17)15-6-4-3-5-7-15/h8-10,15,19H,3-7,11H2,1-2H3. The highest BCUT2D eigenvalue weighted by atomic mass is 16.5. The lowest BCUT2D eigenvalue weighted by Crippen LogP contribution is -2.36. The number of benzene rings is 1. The summed E-state index contributed by atoms with van der Waals surface area (Å²) in [6.45, 7) is 4.91. The molecule has 4 heteroatoms. The van der Waals surface area contributed by atoms with Gasteiger partial charge in [-0.25, -0.2) is 0 Å². The van der Waals surface area contributed by atoms with Crippen LogP contribution in [0.4, 0.5) is 11.4 Å². The van der Waals surface area contributed by atoms with Crippen molar-refractivity contribution in [2.45, 2.75) is 52.0 Å². The van der Waals surface area contributed by atoms with Crippen LogP contribution in [-0.4, -0.2) is 17.9 Å². The lowest BCUT2D eigenvalue weighted by atomic mass is 9.94. The van der Waals surface area contributed by atoms with Gasteiger partial charge in [-0.3, -0.25) is 0 Å². The van der Waals surface area contributed by atoms with Gasteiger partial charge < -0.3 is 14.7 Å². The molecule has 0 saturated heterocycles. The Kier molecular flexibility index (Phi) is 3.32. The van der Waals surface area contributed by atoms with Gasteiger partial charge in [0.25, 0.3) is 0 Å². The molecule has 1 saturated carbocycles. The van der Waals surface area contributed by atoms with Crippen LogP contribution in [0.25, 0.3) is 11.1 Å². The Balaban J connectivity index is 1.66. The quantitative estimate of drug-likeness (QED) is 0.887. The van der Waals surface area contributed by atoms with Gasteiger partial charge in [-0.2, -0.15) is 0 Å². The molecule has 4 rings (SSSR count). The van der Waals surface area contributed by atoms with Crippen molar-refractivity contribution in [1.82, 2.24) is 5.16 Å². The zero-order valence-corrected chi connectivity index (χ0v) is 13.4. The van der Waals surface area contributed by atoms with Gasteiger partial charge in [-0.1, -0.05) is 30.5 Å². The number of anilines is 2. The van der Waals surface area contributed by atoms with Gasteiger partial charge in [0, 0.05) is 11.6 Å². The van der Waals surface area contributed by atoms with Crippen molar-refractivity contribution in [2.24, 2.45) is 0 Å². The predicted octanol–water partition coefficient (Wildman–Crippen LogP) is 4.48. The van der Waals surface area contributed by atoms with E-state index in [0.29, 0.717) is 6.04 Å². The van der Waals surface area contributed by atoms with Crippen molar-refractivity contribution in [1.29, 1.82) is 0 Å². The maximum absolute atomic E-state index is 5.30. The van der Waals surface area contributed by atoms with E-state index in [4.69, 9.17) is 4.52 Å². The van der Waals surface area contributed by atoms with Gasteiger partial charge >= 0.3 is 0 Å². The molecule has 2 aromatic rings. The molecule has 0 radical (unpaired) electrons. The molecule has 0 bridgehead atoms. The minimum absolute atomic E-state index is 0.701. The molecule has 1 aromatic heterocycles. The van der Waals surface area contributed by atoms with E-state index in [-0.39, 0.29) is 0 Å². The van der Waals surface area contributed by atoms with Gasteiger partial charge in [-0.05, 0) is 44.4 Å². The number of nitrogens with zero attached hydrogens (tertiary/aromatic N) is 2. The molecule has 116 valence electrons. The number of rotatable bonds is 2. The summed E-state index contributed by atoms with van der Waals surface area (Å²) in [7, 11) is 0. The summed E-state index contributed by atoms with van der Waals surface area (Å²) in [5, 5.41) is 7.63. The summed E-state index contributed by atoms with van der Waals surface area (Å²) < 4.78 is 5.30. The predicted molar refractivity (Wildman–Crippen MR) is 89.3 cm³/mol. The second-order valence-electron chi connectivity index (χ2n) is 6.53. The molecule has 0 spiro atoms. The Morgan fingerprint density at radius 1 is 1.18 bits per heavy atom. The molecule has 1 aromatic carbocycles. The molecule has 2 aliphatic rings. The lowest BCUT2D eigenvalue weighted by Gasteiger charge is -2.32. The summed E-state index contributed by atoms with van der Waals surface area (Å²) in [5.41, 5.74) is 5.86. The molecule has 1 aliphatic carbocycles. The van der Waals surface area contributed by atoms with Crippen LogP contribution in [0.2, 0.25) is 0 Å². The van der Waals surface area contributed by atoms with Crippen LogP contribution in [0, 0.1) is 13.8 Å². The van der Waals surface area contributed by atoms with Crippen LogP contribution in [0.15, 0.2) is 22.7 Å². The van der Waals surface area contributed by atoms with Crippen molar-refractivity contribution in [3.05, 3.63) is 29.7 Å². The van der Waals surface area contributed by atoms with Gasteiger partial charge in [0.2, 0.25) is 0 Å². The number of nitrogens with one attached hydrogen (secondary N) is 1. The number of aryl methyl sites for hydroxylation is 2. The molecular weight excluding hydrogens is 274 g/mol. The highest BCUT2D eigenvalue weighted by molar-refractivity contribution is 5.82. The number of fused-ring (bicyclic) bond motifs is 1. The average molecular weight is 297 g/mol. The summed E-state index contributed by atoms with van der Waals surface area (Å²) >= 11 is 0. The van der Waals surface area contributed by atoms with E-state index in [0.717, 1.165) is 23.7 Å². The van der Waals surface area contributed by atoms with Crippen molar-refractivity contribution in [3.8, 4) is 11.1 Å². The highest BCUT2D eigenvalue weighted by Gasteiger charge is 2.27. The van der Waals surface area contributed by atoms with Crippen molar-refractivity contribution >= 4 is 11.4 Å². The Hall–Kier alpha value is -1.97. The average Bonchev–Trinajstić information content (AvgIpc) is 3.11. The third-order valence-electron chi connectivity index (χ3n) is 5.08. The van der Waals surface area contributed by atoms with Crippen molar-refractivity contribution in [2.75, 3.05) is 16.9 Å². The minimum Gasteiger partial charge on any atom is -0.366 e. The summed E-state index contributed by atoms with van der Waals surface area (Å²) in [4.78, 5) is 2.55. The molecule has 1 N–H and O–H groups in total. The Bertz CT molecular complexity index is 666. The molecule has 1 fully saturated rings. The van der Waals surface area contributed by atoms with Crippen LogP contribution in [-0.2, 0) is 0 Å². The molecule has 22 heavy (non-hydrogen) atoms. The van der Waals surface area contributed by atoms with Crippen LogP contribution in [0.3, 0.4) is 0 Å². The SMILES string of the molecule is Cc1noc(C)c1-c1ccc2c(c1)NCN2C1CCCCC1. The Morgan fingerprint density at radius 3 is 2.73 bits per heavy atom. The van der Waals surface area contributed by atoms with Crippen LogP contribution in [0.5, 0.6) is 0 Å².